The molecule has 1 saturated heterocycles. The molecule has 0 atom stereocenters. The summed E-state index contributed by atoms with van der Waals surface area (Å²) in [7, 11) is 0. The Hall–Kier alpha value is -2.38. The van der Waals surface area contributed by atoms with Crippen LogP contribution in [0.1, 0.15) is 38.1 Å². The zero-order valence-corrected chi connectivity index (χ0v) is 13.8. The van der Waals surface area contributed by atoms with E-state index in [0.717, 1.165) is 0 Å². The first kappa shape index (κ1) is 17.0. The lowest BCUT2D eigenvalue weighted by Crippen LogP contribution is -2.60. The first-order valence-corrected chi connectivity index (χ1v) is 7.52. The molecule has 8 heteroatoms. The molecule has 0 unspecified atom stereocenters. The third kappa shape index (κ3) is 4.80. The highest BCUT2D eigenvalue weighted by molar-refractivity contribution is 5.88. The Morgan fingerprint density at radius 1 is 1.30 bits per heavy atom. The van der Waals surface area contributed by atoms with Crippen LogP contribution in [0.2, 0.25) is 0 Å². The second-order valence-corrected chi connectivity index (χ2v) is 6.24. The third-order valence-corrected chi connectivity index (χ3v) is 3.03. The number of alkyl carbamates (subject to hydrolysis) is 1. The number of amides is 1. The van der Waals surface area contributed by atoms with Crippen molar-refractivity contribution in [1.29, 1.82) is 0 Å². The minimum absolute atomic E-state index is 0.00168. The van der Waals surface area contributed by atoms with Crippen LogP contribution >= 0.6 is 0 Å². The first-order valence-electron chi connectivity index (χ1n) is 7.52. The van der Waals surface area contributed by atoms with Crippen molar-refractivity contribution in [3.05, 3.63) is 18.0 Å². The van der Waals surface area contributed by atoms with Crippen molar-refractivity contribution in [2.45, 2.75) is 39.3 Å². The first-order chi connectivity index (χ1) is 10.8. The van der Waals surface area contributed by atoms with Crippen LogP contribution in [0.25, 0.3) is 0 Å². The Morgan fingerprint density at radius 3 is 2.43 bits per heavy atom. The summed E-state index contributed by atoms with van der Waals surface area (Å²) in [6, 6.07) is -0.00168. The zero-order valence-electron chi connectivity index (χ0n) is 13.8. The summed E-state index contributed by atoms with van der Waals surface area (Å²) in [6.07, 6.45) is 2.45. The van der Waals surface area contributed by atoms with Gasteiger partial charge in [-0.25, -0.2) is 19.6 Å². The molecular weight excluding hydrogens is 300 g/mol. The molecule has 1 aliphatic heterocycles. The van der Waals surface area contributed by atoms with Gasteiger partial charge in [-0.1, -0.05) is 0 Å². The van der Waals surface area contributed by atoms with Crippen molar-refractivity contribution in [2.24, 2.45) is 0 Å². The number of anilines is 1. The molecule has 0 saturated carbocycles. The van der Waals surface area contributed by atoms with E-state index in [1.807, 2.05) is 25.7 Å². The Bertz CT molecular complexity index is 562. The smallest absolute Gasteiger partial charge is 0.407 e. The molecule has 0 bridgehead atoms. The second kappa shape index (κ2) is 6.80. The summed E-state index contributed by atoms with van der Waals surface area (Å²) >= 11 is 0. The van der Waals surface area contributed by atoms with Gasteiger partial charge in [0.25, 0.3) is 0 Å². The van der Waals surface area contributed by atoms with E-state index in [4.69, 9.17) is 9.47 Å². The van der Waals surface area contributed by atoms with Crippen LogP contribution in [0.15, 0.2) is 12.4 Å². The number of carbonyl (C=O) groups is 2. The van der Waals surface area contributed by atoms with Gasteiger partial charge in [-0.3, -0.25) is 0 Å². The van der Waals surface area contributed by atoms with Crippen molar-refractivity contribution in [3.63, 3.8) is 0 Å². The maximum atomic E-state index is 11.7. The molecule has 0 spiro atoms. The Balaban J connectivity index is 1.81. The van der Waals surface area contributed by atoms with Gasteiger partial charge in [0.1, 0.15) is 5.60 Å². The van der Waals surface area contributed by atoms with Gasteiger partial charge < -0.3 is 19.7 Å². The Kier molecular flexibility index (Phi) is 5.02. The van der Waals surface area contributed by atoms with Crippen LogP contribution in [-0.4, -0.2) is 53.4 Å². The van der Waals surface area contributed by atoms with Crippen LogP contribution in [0.5, 0.6) is 0 Å². The molecule has 126 valence electrons. The van der Waals surface area contributed by atoms with Gasteiger partial charge in [0.05, 0.1) is 18.2 Å². The number of esters is 1. The number of ether oxygens (including phenoxy) is 2. The van der Waals surface area contributed by atoms with Gasteiger partial charge >= 0.3 is 12.1 Å². The van der Waals surface area contributed by atoms with Crippen LogP contribution in [0.3, 0.4) is 0 Å². The molecule has 1 aromatic heterocycles. The zero-order chi connectivity index (χ0) is 17.0. The number of nitrogens with one attached hydrogen (secondary N) is 1. The highest BCUT2D eigenvalue weighted by Gasteiger charge is 2.31. The molecule has 8 nitrogen and oxygen atoms in total. The summed E-state index contributed by atoms with van der Waals surface area (Å²) in [4.78, 5) is 33.4. The fraction of sp³-hybridized carbons (Fsp3) is 0.600. The van der Waals surface area contributed by atoms with Gasteiger partial charge in [-0.15, -0.1) is 0 Å². The normalized spacial score (nSPS) is 14.9. The van der Waals surface area contributed by atoms with Crippen molar-refractivity contribution < 1.29 is 19.1 Å². The van der Waals surface area contributed by atoms with Gasteiger partial charge in [0.15, 0.2) is 0 Å². The van der Waals surface area contributed by atoms with Crippen molar-refractivity contribution in [1.82, 2.24) is 15.3 Å². The van der Waals surface area contributed by atoms with Crippen molar-refractivity contribution in [3.8, 4) is 0 Å². The van der Waals surface area contributed by atoms with E-state index in [1.54, 1.807) is 6.92 Å². The summed E-state index contributed by atoms with van der Waals surface area (Å²) < 4.78 is 10.1. The quantitative estimate of drug-likeness (QED) is 0.837. The van der Waals surface area contributed by atoms with E-state index in [-0.39, 0.29) is 6.04 Å². The van der Waals surface area contributed by atoms with Crippen LogP contribution in [0, 0.1) is 0 Å². The standard InChI is InChI=1S/C15H22N4O4/c1-5-22-12(20)10-6-16-13(17-7-10)19-8-11(9-19)18-14(21)23-15(2,3)4/h6-7,11H,5,8-9H2,1-4H3,(H,18,21). The molecule has 1 fully saturated rings. The average Bonchev–Trinajstić information content (AvgIpc) is 2.41. The number of nitrogens with zero attached hydrogens (tertiary/aromatic N) is 3. The van der Waals surface area contributed by atoms with Gasteiger partial charge in [-0.05, 0) is 27.7 Å². The summed E-state index contributed by atoms with van der Waals surface area (Å²) in [5.41, 5.74) is -0.195. The molecule has 1 amide bonds. The minimum atomic E-state index is -0.514. The number of rotatable bonds is 4. The van der Waals surface area contributed by atoms with Gasteiger partial charge in [0.2, 0.25) is 5.95 Å². The molecule has 1 aliphatic rings. The van der Waals surface area contributed by atoms with E-state index in [0.29, 0.717) is 31.2 Å². The largest absolute Gasteiger partial charge is 0.462 e. The molecule has 1 N–H and O–H groups in total. The van der Waals surface area contributed by atoms with Crippen LogP contribution in [-0.2, 0) is 9.47 Å². The molecule has 0 aliphatic carbocycles. The summed E-state index contributed by atoms with van der Waals surface area (Å²) in [6.45, 7) is 8.70. The van der Waals surface area contributed by atoms with Gasteiger partial charge in [-0.2, -0.15) is 0 Å². The Labute approximate surface area is 135 Å². The number of hydrogen-bond acceptors (Lipinski definition) is 7. The topological polar surface area (TPSA) is 93.7 Å². The molecule has 2 heterocycles. The predicted molar refractivity (Wildman–Crippen MR) is 83.4 cm³/mol. The van der Waals surface area contributed by atoms with Crippen LogP contribution < -0.4 is 10.2 Å². The monoisotopic (exact) mass is 322 g/mol. The molecule has 23 heavy (non-hydrogen) atoms. The fourth-order valence-electron chi connectivity index (χ4n) is 2.01. The number of aromatic nitrogens is 2. The highest BCUT2D eigenvalue weighted by Crippen LogP contribution is 2.16. The lowest BCUT2D eigenvalue weighted by Gasteiger charge is -2.39. The lowest BCUT2D eigenvalue weighted by atomic mass is 10.1. The fourth-order valence-corrected chi connectivity index (χ4v) is 2.01. The molecule has 2 rings (SSSR count). The van der Waals surface area contributed by atoms with Crippen LogP contribution in [0.4, 0.5) is 10.7 Å². The van der Waals surface area contributed by atoms with E-state index < -0.39 is 17.7 Å². The van der Waals surface area contributed by atoms with E-state index in [2.05, 4.69) is 15.3 Å². The highest BCUT2D eigenvalue weighted by atomic mass is 16.6. The third-order valence-electron chi connectivity index (χ3n) is 3.03. The molecule has 1 aromatic rings. The number of hydrogen-bond donors (Lipinski definition) is 1. The van der Waals surface area contributed by atoms with E-state index >= 15 is 0 Å². The predicted octanol–water partition coefficient (Wildman–Crippen LogP) is 1.37. The van der Waals surface area contributed by atoms with Crippen molar-refractivity contribution >= 4 is 18.0 Å². The number of carbonyl (C=O) groups excluding carboxylic acids is 2. The molecular formula is C15H22N4O4. The average molecular weight is 322 g/mol. The summed E-state index contributed by atoms with van der Waals surface area (Å²) in [5, 5.41) is 2.79. The SMILES string of the molecule is CCOC(=O)c1cnc(N2CC(NC(=O)OC(C)(C)C)C2)nc1. The maximum Gasteiger partial charge on any atom is 0.407 e. The molecule has 0 aromatic carbocycles. The lowest BCUT2D eigenvalue weighted by molar-refractivity contribution is 0.0491. The Morgan fingerprint density at radius 2 is 1.91 bits per heavy atom. The van der Waals surface area contributed by atoms with Gasteiger partial charge in [0, 0.05) is 25.5 Å². The summed E-state index contributed by atoms with van der Waals surface area (Å²) in [5.74, 6) is 0.0763. The second-order valence-electron chi connectivity index (χ2n) is 6.24. The minimum Gasteiger partial charge on any atom is -0.462 e. The van der Waals surface area contributed by atoms with E-state index in [9.17, 15) is 9.59 Å². The van der Waals surface area contributed by atoms with E-state index in [1.165, 1.54) is 12.4 Å². The van der Waals surface area contributed by atoms with Crippen molar-refractivity contribution in [2.75, 3.05) is 24.6 Å². The molecule has 0 radical (unpaired) electrons. The maximum absolute atomic E-state index is 11.7.